The molecule has 100 valence electrons. The number of aryl methyl sites for hydroxylation is 1. The summed E-state index contributed by atoms with van der Waals surface area (Å²) in [5.74, 6) is 0.910. The van der Waals surface area contributed by atoms with Gasteiger partial charge < -0.3 is 10.1 Å². The minimum Gasteiger partial charge on any atom is -0.494 e. The first-order chi connectivity index (χ1) is 9.26. The fraction of sp³-hybridized carbons (Fsp3) is 0.312. The van der Waals surface area contributed by atoms with E-state index in [1.54, 1.807) is 0 Å². The number of hydrogen-bond acceptors (Lipinski definition) is 3. The summed E-state index contributed by atoms with van der Waals surface area (Å²) in [6.07, 6.45) is 1.85. The minimum atomic E-state index is 0.0441. The van der Waals surface area contributed by atoms with Crippen LogP contribution >= 0.6 is 0 Å². The molecule has 0 fully saturated rings. The zero-order valence-electron chi connectivity index (χ0n) is 11.7. The molecule has 0 saturated carbocycles. The molecule has 1 unspecified atom stereocenters. The van der Waals surface area contributed by atoms with Crippen molar-refractivity contribution in [1.29, 1.82) is 0 Å². The molecular weight excluding hydrogens is 236 g/mol. The quantitative estimate of drug-likeness (QED) is 0.892. The fourth-order valence-corrected chi connectivity index (χ4v) is 2.19. The van der Waals surface area contributed by atoms with E-state index in [1.807, 2.05) is 44.4 Å². The third-order valence-corrected chi connectivity index (χ3v) is 3.05. The van der Waals surface area contributed by atoms with Crippen molar-refractivity contribution in [2.24, 2.45) is 0 Å². The monoisotopic (exact) mass is 256 g/mol. The van der Waals surface area contributed by atoms with Gasteiger partial charge in [0.25, 0.3) is 0 Å². The summed E-state index contributed by atoms with van der Waals surface area (Å²) in [6, 6.07) is 12.2. The van der Waals surface area contributed by atoms with E-state index in [4.69, 9.17) is 4.74 Å². The molecule has 1 aromatic carbocycles. The van der Waals surface area contributed by atoms with E-state index in [9.17, 15) is 0 Å². The summed E-state index contributed by atoms with van der Waals surface area (Å²) in [7, 11) is 1.94. The molecule has 1 N–H and O–H groups in total. The third kappa shape index (κ3) is 3.12. The van der Waals surface area contributed by atoms with Gasteiger partial charge in [-0.3, -0.25) is 4.98 Å². The van der Waals surface area contributed by atoms with Crippen molar-refractivity contribution >= 4 is 0 Å². The Hall–Kier alpha value is -1.87. The number of rotatable bonds is 5. The van der Waals surface area contributed by atoms with Crippen LogP contribution in [-0.2, 0) is 0 Å². The molecule has 1 aromatic heterocycles. The van der Waals surface area contributed by atoms with Crippen molar-refractivity contribution in [3.05, 3.63) is 59.4 Å². The average molecular weight is 256 g/mol. The topological polar surface area (TPSA) is 34.1 Å². The number of para-hydroxylation sites is 1. The third-order valence-electron chi connectivity index (χ3n) is 3.05. The predicted octanol–water partition coefficient (Wildman–Crippen LogP) is 3.10. The van der Waals surface area contributed by atoms with Crippen LogP contribution in [0.4, 0.5) is 0 Å². The maximum absolute atomic E-state index is 5.70. The molecule has 0 aliphatic heterocycles. The van der Waals surface area contributed by atoms with Gasteiger partial charge in [0.1, 0.15) is 5.75 Å². The average Bonchev–Trinajstić information content (AvgIpc) is 2.42. The van der Waals surface area contributed by atoms with Crippen LogP contribution in [0.15, 0.2) is 42.6 Å². The lowest BCUT2D eigenvalue weighted by Crippen LogP contribution is -2.20. The maximum Gasteiger partial charge on any atom is 0.124 e. The highest BCUT2D eigenvalue weighted by Gasteiger charge is 2.17. The molecule has 19 heavy (non-hydrogen) atoms. The Morgan fingerprint density at radius 1 is 1.26 bits per heavy atom. The van der Waals surface area contributed by atoms with Gasteiger partial charge in [-0.05, 0) is 44.7 Å². The van der Waals surface area contributed by atoms with Crippen LogP contribution in [-0.4, -0.2) is 18.6 Å². The summed E-state index contributed by atoms with van der Waals surface area (Å²) in [5.41, 5.74) is 3.33. The summed E-state index contributed by atoms with van der Waals surface area (Å²) in [4.78, 5) is 4.47. The molecule has 3 nitrogen and oxygen atoms in total. The van der Waals surface area contributed by atoms with E-state index in [0.29, 0.717) is 6.61 Å². The number of hydrogen-bond donors (Lipinski definition) is 1. The number of pyridine rings is 1. The van der Waals surface area contributed by atoms with Crippen molar-refractivity contribution in [2.45, 2.75) is 19.9 Å². The molecule has 0 aliphatic carbocycles. The van der Waals surface area contributed by atoms with E-state index in [-0.39, 0.29) is 6.04 Å². The molecule has 0 spiro atoms. The Kier molecular flexibility index (Phi) is 4.53. The summed E-state index contributed by atoms with van der Waals surface area (Å²) in [6.45, 7) is 4.73. The summed E-state index contributed by atoms with van der Waals surface area (Å²) < 4.78 is 5.70. The van der Waals surface area contributed by atoms with Gasteiger partial charge in [-0.25, -0.2) is 0 Å². The maximum atomic E-state index is 5.70. The molecule has 0 bridgehead atoms. The highest BCUT2D eigenvalue weighted by molar-refractivity contribution is 5.40. The van der Waals surface area contributed by atoms with Gasteiger partial charge >= 0.3 is 0 Å². The van der Waals surface area contributed by atoms with E-state index in [1.165, 1.54) is 5.56 Å². The van der Waals surface area contributed by atoms with Crippen LogP contribution in [0.2, 0.25) is 0 Å². The van der Waals surface area contributed by atoms with Gasteiger partial charge in [0, 0.05) is 11.8 Å². The number of ether oxygens (including phenoxy) is 1. The molecular formula is C16H20N2O. The molecule has 0 saturated heterocycles. The molecule has 2 aromatic rings. The van der Waals surface area contributed by atoms with Crippen LogP contribution in [0.25, 0.3) is 0 Å². The first-order valence-corrected chi connectivity index (χ1v) is 6.57. The number of benzene rings is 1. The molecule has 1 atom stereocenters. The Morgan fingerprint density at radius 3 is 2.74 bits per heavy atom. The molecule has 0 amide bonds. The van der Waals surface area contributed by atoms with Gasteiger partial charge in [0.15, 0.2) is 0 Å². The molecule has 2 rings (SSSR count). The number of nitrogens with zero attached hydrogens (tertiary/aromatic N) is 1. The SMILES string of the molecule is CCOc1ccccc1C(NC)c1cc(C)ccn1. The molecule has 1 heterocycles. The van der Waals surface area contributed by atoms with E-state index >= 15 is 0 Å². The second kappa shape index (κ2) is 6.34. The van der Waals surface area contributed by atoms with Crippen molar-refractivity contribution in [3.63, 3.8) is 0 Å². The lowest BCUT2D eigenvalue weighted by atomic mass is 10.0. The Balaban J connectivity index is 2.42. The minimum absolute atomic E-state index is 0.0441. The smallest absolute Gasteiger partial charge is 0.124 e. The van der Waals surface area contributed by atoms with Crippen LogP contribution in [0.3, 0.4) is 0 Å². The Morgan fingerprint density at radius 2 is 2.05 bits per heavy atom. The number of nitrogens with one attached hydrogen (secondary N) is 1. The van der Waals surface area contributed by atoms with E-state index in [2.05, 4.69) is 29.4 Å². The number of aromatic nitrogens is 1. The van der Waals surface area contributed by atoms with E-state index < -0.39 is 0 Å². The van der Waals surface area contributed by atoms with Crippen LogP contribution < -0.4 is 10.1 Å². The molecule has 0 aliphatic rings. The Labute approximate surface area is 114 Å². The van der Waals surface area contributed by atoms with Crippen LogP contribution in [0.1, 0.15) is 29.8 Å². The highest BCUT2D eigenvalue weighted by atomic mass is 16.5. The van der Waals surface area contributed by atoms with Crippen molar-refractivity contribution in [1.82, 2.24) is 10.3 Å². The summed E-state index contributed by atoms with van der Waals surface area (Å²) >= 11 is 0. The first-order valence-electron chi connectivity index (χ1n) is 6.57. The van der Waals surface area contributed by atoms with Gasteiger partial charge in [-0.2, -0.15) is 0 Å². The van der Waals surface area contributed by atoms with Crippen molar-refractivity contribution in [2.75, 3.05) is 13.7 Å². The van der Waals surface area contributed by atoms with Crippen LogP contribution in [0, 0.1) is 6.92 Å². The van der Waals surface area contributed by atoms with Crippen LogP contribution in [0.5, 0.6) is 5.75 Å². The molecule has 3 heteroatoms. The van der Waals surface area contributed by atoms with Crippen molar-refractivity contribution in [3.8, 4) is 5.75 Å². The van der Waals surface area contributed by atoms with Crippen molar-refractivity contribution < 1.29 is 4.74 Å². The predicted molar refractivity (Wildman–Crippen MR) is 77.5 cm³/mol. The fourth-order valence-electron chi connectivity index (χ4n) is 2.19. The van der Waals surface area contributed by atoms with Gasteiger partial charge in [0.2, 0.25) is 0 Å². The van der Waals surface area contributed by atoms with E-state index in [0.717, 1.165) is 17.0 Å². The van der Waals surface area contributed by atoms with Gasteiger partial charge in [-0.15, -0.1) is 0 Å². The normalized spacial score (nSPS) is 12.2. The lowest BCUT2D eigenvalue weighted by molar-refractivity contribution is 0.334. The zero-order chi connectivity index (χ0) is 13.7. The molecule has 0 radical (unpaired) electrons. The standard InChI is InChI=1S/C16H20N2O/c1-4-19-15-8-6-5-7-13(15)16(17-3)14-11-12(2)9-10-18-14/h5-11,16-17H,4H2,1-3H3. The van der Waals surface area contributed by atoms with Gasteiger partial charge in [-0.1, -0.05) is 18.2 Å². The zero-order valence-corrected chi connectivity index (χ0v) is 11.7. The second-order valence-electron chi connectivity index (χ2n) is 4.45. The van der Waals surface area contributed by atoms with Gasteiger partial charge in [0.05, 0.1) is 18.3 Å². The highest BCUT2D eigenvalue weighted by Crippen LogP contribution is 2.29. The first kappa shape index (κ1) is 13.6. The second-order valence-corrected chi connectivity index (χ2v) is 4.45. The largest absolute Gasteiger partial charge is 0.494 e. The Bertz CT molecular complexity index is 540. The summed E-state index contributed by atoms with van der Waals surface area (Å²) in [5, 5.41) is 3.32. The lowest BCUT2D eigenvalue weighted by Gasteiger charge is -2.19.